The van der Waals surface area contributed by atoms with Crippen molar-refractivity contribution in [3.8, 4) is 0 Å². The maximum Gasteiger partial charge on any atom is 0.243 e. The summed E-state index contributed by atoms with van der Waals surface area (Å²) in [5.41, 5.74) is 2.55. The molecule has 3 rings (SSSR count). The summed E-state index contributed by atoms with van der Waals surface area (Å²) in [6.07, 6.45) is 7.91. The number of anilines is 1. The maximum atomic E-state index is 11.3. The number of piperidine rings is 1. The van der Waals surface area contributed by atoms with E-state index in [4.69, 9.17) is 0 Å². The van der Waals surface area contributed by atoms with Crippen molar-refractivity contribution in [3.63, 3.8) is 0 Å². The molecule has 0 spiro atoms. The van der Waals surface area contributed by atoms with E-state index in [2.05, 4.69) is 33.1 Å². The minimum atomic E-state index is -0.0815. The van der Waals surface area contributed by atoms with Crippen molar-refractivity contribution in [2.24, 2.45) is 0 Å². The van der Waals surface area contributed by atoms with E-state index >= 15 is 0 Å². The molecule has 5 heteroatoms. The summed E-state index contributed by atoms with van der Waals surface area (Å²) < 4.78 is 0. The molecule has 1 saturated heterocycles. The first-order valence-corrected chi connectivity index (χ1v) is 7.79. The highest BCUT2D eigenvalue weighted by Gasteiger charge is 2.22. The lowest BCUT2D eigenvalue weighted by Crippen LogP contribution is -2.44. The Hall–Kier alpha value is -1.91. The number of nitrogens with one attached hydrogen (secondary N) is 1. The predicted octanol–water partition coefficient (Wildman–Crippen LogP) is 1.63. The number of carbonyl (C=O) groups is 1. The van der Waals surface area contributed by atoms with Crippen LogP contribution in [0.25, 0.3) is 0 Å². The van der Waals surface area contributed by atoms with E-state index in [0.717, 1.165) is 44.6 Å². The fourth-order valence-electron chi connectivity index (χ4n) is 3.15. The fraction of sp³-hybridized carbons (Fsp3) is 0.562. The first kappa shape index (κ1) is 14.0. The molecule has 1 amide bonds. The summed E-state index contributed by atoms with van der Waals surface area (Å²) >= 11 is 0. The second kappa shape index (κ2) is 6.24. The zero-order valence-electron chi connectivity index (χ0n) is 12.3. The standard InChI is InChI=1S/C16H22N4O/c1-2-16(21)17-13-7-9-20(10-8-13)15-11-12-5-3-4-6-14(12)18-19-15/h2,11,13H,1,3-10H2,(H,17,21). The van der Waals surface area contributed by atoms with Crippen LogP contribution >= 0.6 is 0 Å². The Labute approximate surface area is 125 Å². The highest BCUT2D eigenvalue weighted by atomic mass is 16.1. The molecule has 1 N–H and O–H groups in total. The maximum absolute atomic E-state index is 11.3. The van der Waals surface area contributed by atoms with Gasteiger partial charge in [0.2, 0.25) is 5.91 Å². The third kappa shape index (κ3) is 3.23. The normalized spacial score (nSPS) is 19.0. The van der Waals surface area contributed by atoms with Crippen molar-refractivity contribution in [1.82, 2.24) is 15.5 Å². The molecule has 0 bridgehead atoms. The highest BCUT2D eigenvalue weighted by Crippen LogP contribution is 2.24. The number of nitrogens with zero attached hydrogens (tertiary/aromatic N) is 3. The van der Waals surface area contributed by atoms with Crippen molar-refractivity contribution < 1.29 is 4.79 Å². The molecule has 0 radical (unpaired) electrons. The van der Waals surface area contributed by atoms with E-state index in [-0.39, 0.29) is 11.9 Å². The molecular weight excluding hydrogens is 264 g/mol. The van der Waals surface area contributed by atoms with Crippen molar-refractivity contribution in [2.45, 2.75) is 44.6 Å². The van der Waals surface area contributed by atoms with Gasteiger partial charge in [0.05, 0.1) is 5.69 Å². The molecule has 21 heavy (non-hydrogen) atoms. The number of rotatable bonds is 3. The summed E-state index contributed by atoms with van der Waals surface area (Å²) in [5.74, 6) is 0.908. The van der Waals surface area contributed by atoms with Crippen LogP contribution in [0.5, 0.6) is 0 Å². The van der Waals surface area contributed by atoms with Gasteiger partial charge in [-0.25, -0.2) is 0 Å². The molecule has 112 valence electrons. The number of hydrogen-bond donors (Lipinski definition) is 1. The van der Waals surface area contributed by atoms with Crippen LogP contribution in [0.2, 0.25) is 0 Å². The average molecular weight is 286 g/mol. The van der Waals surface area contributed by atoms with Gasteiger partial charge in [-0.05, 0) is 56.2 Å². The van der Waals surface area contributed by atoms with Crippen molar-refractivity contribution in [3.05, 3.63) is 30.0 Å². The van der Waals surface area contributed by atoms with Crippen LogP contribution in [-0.2, 0) is 17.6 Å². The molecule has 1 aliphatic carbocycles. The van der Waals surface area contributed by atoms with Crippen LogP contribution < -0.4 is 10.2 Å². The first-order valence-electron chi connectivity index (χ1n) is 7.79. The highest BCUT2D eigenvalue weighted by molar-refractivity contribution is 5.87. The fourth-order valence-corrected chi connectivity index (χ4v) is 3.15. The van der Waals surface area contributed by atoms with Crippen LogP contribution in [0.3, 0.4) is 0 Å². The van der Waals surface area contributed by atoms with E-state index in [1.54, 1.807) is 0 Å². The van der Waals surface area contributed by atoms with Crippen LogP contribution in [0.1, 0.15) is 36.9 Å². The Morgan fingerprint density at radius 1 is 1.29 bits per heavy atom. The van der Waals surface area contributed by atoms with Gasteiger partial charge in [-0.15, -0.1) is 5.10 Å². The topological polar surface area (TPSA) is 58.1 Å². The van der Waals surface area contributed by atoms with E-state index < -0.39 is 0 Å². The van der Waals surface area contributed by atoms with Gasteiger partial charge in [-0.2, -0.15) is 5.10 Å². The molecule has 0 atom stereocenters. The number of aryl methyl sites for hydroxylation is 2. The second-order valence-corrected chi connectivity index (χ2v) is 5.86. The smallest absolute Gasteiger partial charge is 0.243 e. The molecule has 1 aliphatic heterocycles. The largest absolute Gasteiger partial charge is 0.355 e. The molecule has 2 aliphatic rings. The van der Waals surface area contributed by atoms with Crippen LogP contribution in [0.4, 0.5) is 5.82 Å². The zero-order chi connectivity index (χ0) is 14.7. The van der Waals surface area contributed by atoms with Gasteiger partial charge in [0.1, 0.15) is 0 Å². The lowest BCUT2D eigenvalue weighted by Gasteiger charge is -2.33. The monoisotopic (exact) mass is 286 g/mol. The number of hydrogen-bond acceptors (Lipinski definition) is 4. The van der Waals surface area contributed by atoms with E-state index in [9.17, 15) is 4.79 Å². The minimum Gasteiger partial charge on any atom is -0.355 e. The van der Waals surface area contributed by atoms with E-state index in [0.29, 0.717) is 0 Å². The third-order valence-corrected chi connectivity index (χ3v) is 4.41. The molecule has 0 unspecified atom stereocenters. The van der Waals surface area contributed by atoms with Gasteiger partial charge in [-0.3, -0.25) is 4.79 Å². The van der Waals surface area contributed by atoms with Gasteiger partial charge in [0.15, 0.2) is 5.82 Å². The number of fused-ring (bicyclic) bond motifs is 1. The molecule has 1 fully saturated rings. The quantitative estimate of drug-likeness (QED) is 0.858. The van der Waals surface area contributed by atoms with Gasteiger partial charge >= 0.3 is 0 Å². The van der Waals surface area contributed by atoms with E-state index in [1.165, 1.54) is 30.2 Å². The second-order valence-electron chi connectivity index (χ2n) is 5.86. The molecule has 2 heterocycles. The van der Waals surface area contributed by atoms with Gasteiger partial charge in [0.25, 0.3) is 0 Å². The van der Waals surface area contributed by atoms with Crippen LogP contribution in [-0.4, -0.2) is 35.2 Å². The Morgan fingerprint density at radius 2 is 2.05 bits per heavy atom. The Bertz CT molecular complexity index is 535. The average Bonchev–Trinajstić information content (AvgIpc) is 2.55. The summed E-state index contributed by atoms with van der Waals surface area (Å²) in [6.45, 7) is 5.31. The van der Waals surface area contributed by atoms with Gasteiger partial charge < -0.3 is 10.2 Å². The summed E-state index contributed by atoms with van der Waals surface area (Å²) in [4.78, 5) is 13.6. The van der Waals surface area contributed by atoms with E-state index in [1.807, 2.05) is 0 Å². The lowest BCUT2D eigenvalue weighted by atomic mass is 9.96. The Morgan fingerprint density at radius 3 is 2.81 bits per heavy atom. The number of carbonyl (C=O) groups excluding carboxylic acids is 1. The lowest BCUT2D eigenvalue weighted by molar-refractivity contribution is -0.117. The minimum absolute atomic E-state index is 0.0815. The van der Waals surface area contributed by atoms with Crippen LogP contribution in [0, 0.1) is 0 Å². The third-order valence-electron chi connectivity index (χ3n) is 4.41. The van der Waals surface area contributed by atoms with Crippen molar-refractivity contribution in [1.29, 1.82) is 0 Å². The Kier molecular flexibility index (Phi) is 4.18. The molecule has 5 nitrogen and oxygen atoms in total. The molecular formula is C16H22N4O. The summed E-state index contributed by atoms with van der Waals surface area (Å²) in [5, 5.41) is 11.8. The number of amides is 1. The first-order chi connectivity index (χ1) is 10.3. The van der Waals surface area contributed by atoms with Crippen LogP contribution in [0.15, 0.2) is 18.7 Å². The van der Waals surface area contributed by atoms with Crippen molar-refractivity contribution in [2.75, 3.05) is 18.0 Å². The summed E-state index contributed by atoms with van der Waals surface area (Å²) in [7, 11) is 0. The van der Waals surface area contributed by atoms with Gasteiger partial charge in [0, 0.05) is 19.1 Å². The zero-order valence-corrected chi connectivity index (χ0v) is 12.3. The molecule has 0 aromatic carbocycles. The molecule has 0 saturated carbocycles. The SMILES string of the molecule is C=CC(=O)NC1CCN(c2cc3c(nn2)CCCC3)CC1. The Balaban J connectivity index is 1.61. The van der Waals surface area contributed by atoms with Gasteiger partial charge in [-0.1, -0.05) is 6.58 Å². The van der Waals surface area contributed by atoms with Crippen molar-refractivity contribution >= 4 is 11.7 Å². The summed E-state index contributed by atoms with van der Waals surface area (Å²) in [6, 6.07) is 2.46. The molecule has 1 aromatic rings. The predicted molar refractivity (Wildman–Crippen MR) is 82.2 cm³/mol. The number of aromatic nitrogens is 2. The molecule has 1 aromatic heterocycles.